The quantitative estimate of drug-likeness (QED) is 0.858. The zero-order valence-corrected chi connectivity index (χ0v) is 12.9. The van der Waals surface area contributed by atoms with Crippen molar-refractivity contribution in [2.24, 2.45) is 0 Å². The number of rotatable bonds is 5. The molecule has 0 fully saturated rings. The van der Waals surface area contributed by atoms with E-state index in [9.17, 15) is 9.59 Å². The maximum absolute atomic E-state index is 12.2. The fourth-order valence-electron chi connectivity index (χ4n) is 1.88. The molecular weight excluding hydrogens is 310 g/mol. The van der Waals surface area contributed by atoms with E-state index >= 15 is 0 Å². The van der Waals surface area contributed by atoms with Crippen molar-refractivity contribution in [2.75, 3.05) is 7.11 Å². The first-order valence-electron chi connectivity index (χ1n) is 6.27. The standard InChI is InChI=1S/C15H14ClNO3S/c1-20-14(18)9-12(10-5-2-3-6-11(10)16)17-15(19)13-7-4-8-21-13/h2-8,12H,9H2,1H3,(H,17,19)/t12-/m1/s1. The minimum Gasteiger partial charge on any atom is -0.469 e. The van der Waals surface area contributed by atoms with Crippen molar-refractivity contribution in [3.05, 3.63) is 57.2 Å². The Hall–Kier alpha value is -1.85. The molecule has 0 bridgehead atoms. The summed E-state index contributed by atoms with van der Waals surface area (Å²) in [5.74, 6) is -0.648. The zero-order chi connectivity index (χ0) is 15.2. The molecule has 1 aromatic heterocycles. The monoisotopic (exact) mass is 323 g/mol. The summed E-state index contributed by atoms with van der Waals surface area (Å²) in [6, 6.07) is 10.1. The maximum Gasteiger partial charge on any atom is 0.307 e. The van der Waals surface area contributed by atoms with Gasteiger partial charge in [-0.3, -0.25) is 9.59 Å². The number of methoxy groups -OCH3 is 1. The molecule has 0 aliphatic rings. The third-order valence-corrected chi connectivity index (χ3v) is 4.14. The highest BCUT2D eigenvalue weighted by Gasteiger charge is 2.21. The number of halogens is 1. The van der Waals surface area contributed by atoms with E-state index in [1.165, 1.54) is 18.4 Å². The lowest BCUT2D eigenvalue weighted by Crippen LogP contribution is -2.30. The Morgan fingerprint density at radius 1 is 1.29 bits per heavy atom. The molecule has 0 aliphatic heterocycles. The van der Waals surface area contributed by atoms with Crippen LogP contribution < -0.4 is 5.32 Å². The van der Waals surface area contributed by atoms with Crippen LogP contribution in [-0.4, -0.2) is 19.0 Å². The van der Waals surface area contributed by atoms with Crippen molar-refractivity contribution in [1.82, 2.24) is 5.32 Å². The number of hydrogen-bond acceptors (Lipinski definition) is 4. The molecule has 0 radical (unpaired) electrons. The van der Waals surface area contributed by atoms with Gasteiger partial charge in [-0.25, -0.2) is 0 Å². The van der Waals surface area contributed by atoms with Crippen molar-refractivity contribution in [3.8, 4) is 0 Å². The van der Waals surface area contributed by atoms with Gasteiger partial charge >= 0.3 is 5.97 Å². The molecule has 0 unspecified atom stereocenters. The number of ether oxygens (including phenoxy) is 1. The van der Waals surface area contributed by atoms with Gasteiger partial charge in [0.05, 0.1) is 24.4 Å². The summed E-state index contributed by atoms with van der Waals surface area (Å²) in [4.78, 5) is 24.3. The minimum atomic E-state index is -0.527. The van der Waals surface area contributed by atoms with Gasteiger partial charge in [-0.2, -0.15) is 0 Å². The SMILES string of the molecule is COC(=O)C[C@@H](NC(=O)c1cccs1)c1ccccc1Cl. The Morgan fingerprint density at radius 3 is 2.67 bits per heavy atom. The average molecular weight is 324 g/mol. The normalized spacial score (nSPS) is 11.7. The lowest BCUT2D eigenvalue weighted by atomic mass is 10.0. The van der Waals surface area contributed by atoms with Crippen molar-refractivity contribution in [1.29, 1.82) is 0 Å². The molecule has 0 saturated heterocycles. The highest BCUT2D eigenvalue weighted by molar-refractivity contribution is 7.12. The summed E-state index contributed by atoms with van der Waals surface area (Å²) in [5.41, 5.74) is 0.689. The van der Waals surface area contributed by atoms with Gasteiger partial charge in [0.15, 0.2) is 0 Å². The van der Waals surface area contributed by atoms with Gasteiger partial charge in [0.25, 0.3) is 5.91 Å². The first-order valence-corrected chi connectivity index (χ1v) is 7.53. The molecular formula is C15H14ClNO3S. The highest BCUT2D eigenvalue weighted by Crippen LogP contribution is 2.26. The molecule has 110 valence electrons. The van der Waals surface area contributed by atoms with Crippen molar-refractivity contribution >= 4 is 34.8 Å². The molecule has 2 rings (SSSR count). The molecule has 21 heavy (non-hydrogen) atoms. The number of amides is 1. The van der Waals surface area contributed by atoms with Gasteiger partial charge in [-0.15, -0.1) is 11.3 Å². The molecule has 1 aromatic carbocycles. The second-order valence-electron chi connectivity index (χ2n) is 4.31. The molecule has 1 N–H and O–H groups in total. The van der Waals surface area contributed by atoms with Crippen LogP contribution in [0.3, 0.4) is 0 Å². The molecule has 1 amide bonds. The predicted octanol–water partition coefficient (Wildman–Crippen LogP) is 3.44. The number of thiophene rings is 1. The molecule has 2 aromatic rings. The minimum absolute atomic E-state index is 0.0251. The second kappa shape index (κ2) is 7.24. The summed E-state index contributed by atoms with van der Waals surface area (Å²) < 4.78 is 4.68. The number of benzene rings is 1. The van der Waals surface area contributed by atoms with Crippen molar-refractivity contribution < 1.29 is 14.3 Å². The van der Waals surface area contributed by atoms with Gasteiger partial charge in [-0.1, -0.05) is 35.9 Å². The third-order valence-electron chi connectivity index (χ3n) is 2.93. The lowest BCUT2D eigenvalue weighted by molar-refractivity contribution is -0.141. The van der Waals surface area contributed by atoms with E-state index in [1.54, 1.807) is 30.3 Å². The topological polar surface area (TPSA) is 55.4 Å². The largest absolute Gasteiger partial charge is 0.469 e. The van der Waals surface area contributed by atoms with E-state index in [0.29, 0.717) is 15.5 Å². The first-order chi connectivity index (χ1) is 10.1. The van der Waals surface area contributed by atoms with Crippen LogP contribution in [0.4, 0.5) is 0 Å². The Labute approximate surface area is 131 Å². The first kappa shape index (κ1) is 15.5. The lowest BCUT2D eigenvalue weighted by Gasteiger charge is -2.19. The van der Waals surface area contributed by atoms with Gasteiger partial charge in [0.2, 0.25) is 0 Å². The Balaban J connectivity index is 2.22. The molecule has 4 nitrogen and oxygen atoms in total. The molecule has 0 spiro atoms. The molecule has 0 aliphatic carbocycles. The van der Waals surface area contributed by atoms with E-state index in [1.807, 2.05) is 11.4 Å². The maximum atomic E-state index is 12.2. The fourth-order valence-corrected chi connectivity index (χ4v) is 2.78. The summed E-state index contributed by atoms with van der Waals surface area (Å²) in [5, 5.41) is 5.15. The number of carbonyl (C=O) groups is 2. The van der Waals surface area contributed by atoms with Crippen LogP contribution in [-0.2, 0) is 9.53 Å². The van der Waals surface area contributed by atoms with Crippen LogP contribution in [0.2, 0.25) is 5.02 Å². The summed E-state index contributed by atoms with van der Waals surface area (Å²) in [6.45, 7) is 0. The van der Waals surface area contributed by atoms with Crippen LogP contribution in [0.1, 0.15) is 27.7 Å². The van der Waals surface area contributed by atoms with E-state index in [0.717, 1.165) is 0 Å². The number of carbonyl (C=O) groups excluding carboxylic acids is 2. The van der Waals surface area contributed by atoms with E-state index < -0.39 is 12.0 Å². The van der Waals surface area contributed by atoms with Gasteiger partial charge in [0, 0.05) is 5.02 Å². The Kier molecular flexibility index (Phi) is 5.36. The Morgan fingerprint density at radius 2 is 2.05 bits per heavy atom. The van der Waals surface area contributed by atoms with Crippen molar-refractivity contribution in [3.63, 3.8) is 0 Å². The zero-order valence-electron chi connectivity index (χ0n) is 11.3. The van der Waals surface area contributed by atoms with Crippen LogP contribution in [0.5, 0.6) is 0 Å². The fraction of sp³-hybridized carbons (Fsp3) is 0.200. The number of nitrogens with one attached hydrogen (secondary N) is 1. The smallest absolute Gasteiger partial charge is 0.307 e. The Bertz CT molecular complexity index is 628. The third kappa shape index (κ3) is 4.06. The summed E-state index contributed by atoms with van der Waals surface area (Å²) in [7, 11) is 1.31. The van der Waals surface area contributed by atoms with Crippen LogP contribution in [0.15, 0.2) is 41.8 Å². The summed E-state index contributed by atoms with van der Waals surface area (Å²) >= 11 is 7.49. The van der Waals surface area contributed by atoms with E-state index in [4.69, 9.17) is 11.6 Å². The molecule has 1 atom stereocenters. The second-order valence-corrected chi connectivity index (χ2v) is 5.66. The average Bonchev–Trinajstić information content (AvgIpc) is 3.01. The molecule has 6 heteroatoms. The van der Waals surface area contributed by atoms with Crippen LogP contribution in [0, 0.1) is 0 Å². The van der Waals surface area contributed by atoms with E-state index in [2.05, 4.69) is 10.1 Å². The van der Waals surface area contributed by atoms with Gasteiger partial charge in [-0.05, 0) is 23.1 Å². The van der Waals surface area contributed by atoms with Gasteiger partial charge in [0.1, 0.15) is 0 Å². The summed E-state index contributed by atoms with van der Waals surface area (Å²) in [6.07, 6.45) is 0.0251. The van der Waals surface area contributed by atoms with Crippen molar-refractivity contribution in [2.45, 2.75) is 12.5 Å². The van der Waals surface area contributed by atoms with Crippen LogP contribution in [0.25, 0.3) is 0 Å². The number of hydrogen-bond donors (Lipinski definition) is 1. The number of esters is 1. The highest BCUT2D eigenvalue weighted by atomic mass is 35.5. The van der Waals surface area contributed by atoms with Crippen LogP contribution >= 0.6 is 22.9 Å². The van der Waals surface area contributed by atoms with E-state index in [-0.39, 0.29) is 12.3 Å². The molecule has 1 heterocycles. The van der Waals surface area contributed by atoms with Gasteiger partial charge < -0.3 is 10.1 Å². The molecule has 0 saturated carbocycles. The predicted molar refractivity (Wildman–Crippen MR) is 82.6 cm³/mol.